The van der Waals surface area contributed by atoms with Crippen LogP contribution in [-0.4, -0.2) is 12.6 Å². The summed E-state index contributed by atoms with van der Waals surface area (Å²) in [6.07, 6.45) is 16.3. The lowest BCUT2D eigenvalue weighted by molar-refractivity contribution is 0.0483. The molecule has 0 heterocycles. The predicted molar refractivity (Wildman–Crippen MR) is 167 cm³/mol. The van der Waals surface area contributed by atoms with Crippen LogP contribution in [0.4, 0.5) is 0 Å². The van der Waals surface area contributed by atoms with Crippen LogP contribution in [0.25, 0.3) is 11.1 Å². The number of benzene rings is 2. The van der Waals surface area contributed by atoms with Gasteiger partial charge < -0.3 is 4.74 Å². The van der Waals surface area contributed by atoms with Gasteiger partial charge in [-0.2, -0.15) is 5.26 Å². The highest BCUT2D eigenvalue weighted by Crippen LogP contribution is 2.46. The zero-order valence-corrected chi connectivity index (χ0v) is 25.7. The van der Waals surface area contributed by atoms with Gasteiger partial charge in [-0.25, -0.2) is 4.79 Å². The summed E-state index contributed by atoms with van der Waals surface area (Å²) in [5.74, 6) is 1.65. The Morgan fingerprint density at radius 2 is 1.50 bits per heavy atom. The second-order valence-electron chi connectivity index (χ2n) is 12.9. The Balaban J connectivity index is 1.45. The molecule has 0 aromatic heterocycles. The van der Waals surface area contributed by atoms with Gasteiger partial charge in [-0.1, -0.05) is 115 Å². The Morgan fingerprint density at radius 3 is 2.10 bits per heavy atom. The molecule has 218 valence electrons. The van der Waals surface area contributed by atoms with E-state index in [1.54, 1.807) is 0 Å². The van der Waals surface area contributed by atoms with Gasteiger partial charge in [0.15, 0.2) is 0 Å². The minimum atomic E-state index is -0.233. The normalized spacial score (nSPS) is 19.8. The molecule has 1 atom stereocenters. The molecule has 1 aliphatic carbocycles. The molecular weight excluding hydrogens is 490 g/mol. The van der Waals surface area contributed by atoms with Gasteiger partial charge in [0.1, 0.15) is 0 Å². The topological polar surface area (TPSA) is 50.1 Å². The van der Waals surface area contributed by atoms with Gasteiger partial charge in [0.2, 0.25) is 0 Å². The van der Waals surface area contributed by atoms with E-state index in [1.165, 1.54) is 56.9 Å². The van der Waals surface area contributed by atoms with Crippen molar-refractivity contribution in [3.05, 3.63) is 59.7 Å². The van der Waals surface area contributed by atoms with Crippen LogP contribution in [0.3, 0.4) is 0 Å². The number of nitriles is 1. The number of carbonyl (C=O) groups is 1. The smallest absolute Gasteiger partial charge is 0.338 e. The molecule has 0 spiro atoms. The predicted octanol–water partition coefficient (Wildman–Crippen LogP) is 10.9. The lowest BCUT2D eigenvalue weighted by Crippen LogP contribution is -2.25. The number of esters is 1. The van der Waals surface area contributed by atoms with Gasteiger partial charge in [-0.05, 0) is 85.1 Å². The molecule has 1 unspecified atom stereocenters. The zero-order valence-electron chi connectivity index (χ0n) is 25.7. The minimum absolute atomic E-state index is 0.0999. The molecule has 0 aliphatic heterocycles. The summed E-state index contributed by atoms with van der Waals surface area (Å²) in [7, 11) is 0. The molecule has 1 fully saturated rings. The molecule has 1 saturated carbocycles. The van der Waals surface area contributed by atoms with Gasteiger partial charge in [0.05, 0.1) is 23.7 Å². The molecule has 3 heteroatoms. The first-order chi connectivity index (χ1) is 19.4. The Labute approximate surface area is 244 Å². The second kappa shape index (κ2) is 16.6. The molecule has 40 heavy (non-hydrogen) atoms. The SMILES string of the molecule is CCCCCCCC1(C#N)CCC(c2ccc(-c3ccc(C(=O)OCCC(C)CCCC(C)C)cc3)cc2)CC1. The van der Waals surface area contributed by atoms with Crippen LogP contribution in [0.1, 0.15) is 139 Å². The van der Waals surface area contributed by atoms with Crippen LogP contribution in [0.15, 0.2) is 48.5 Å². The van der Waals surface area contributed by atoms with Gasteiger partial charge in [0.25, 0.3) is 0 Å². The number of nitrogens with zero attached hydrogens (tertiary/aromatic N) is 1. The van der Waals surface area contributed by atoms with Crippen molar-refractivity contribution in [2.45, 2.75) is 124 Å². The highest BCUT2D eigenvalue weighted by molar-refractivity contribution is 5.90. The fraction of sp³-hybridized carbons (Fsp3) is 0.622. The summed E-state index contributed by atoms with van der Waals surface area (Å²) < 4.78 is 5.56. The zero-order chi connectivity index (χ0) is 28.8. The highest BCUT2D eigenvalue weighted by Gasteiger charge is 2.35. The van der Waals surface area contributed by atoms with E-state index in [2.05, 4.69) is 58.0 Å². The van der Waals surface area contributed by atoms with Crippen molar-refractivity contribution in [3.63, 3.8) is 0 Å². The fourth-order valence-corrected chi connectivity index (χ4v) is 6.19. The molecule has 0 saturated heterocycles. The quantitative estimate of drug-likeness (QED) is 0.156. The second-order valence-corrected chi connectivity index (χ2v) is 12.9. The maximum atomic E-state index is 12.5. The first-order valence-corrected chi connectivity index (χ1v) is 16.1. The third-order valence-electron chi connectivity index (χ3n) is 9.10. The summed E-state index contributed by atoms with van der Waals surface area (Å²) >= 11 is 0. The molecule has 0 radical (unpaired) electrons. The first-order valence-electron chi connectivity index (χ1n) is 16.1. The summed E-state index contributed by atoms with van der Waals surface area (Å²) in [6.45, 7) is 9.51. The lowest BCUT2D eigenvalue weighted by atomic mass is 9.67. The van der Waals surface area contributed by atoms with E-state index in [0.717, 1.165) is 55.6 Å². The van der Waals surface area contributed by atoms with Crippen molar-refractivity contribution in [2.75, 3.05) is 6.61 Å². The Bertz CT molecular complexity index is 1040. The highest BCUT2D eigenvalue weighted by atomic mass is 16.5. The van der Waals surface area contributed by atoms with E-state index in [9.17, 15) is 10.1 Å². The van der Waals surface area contributed by atoms with Crippen molar-refractivity contribution in [3.8, 4) is 17.2 Å². The number of carbonyl (C=O) groups excluding carboxylic acids is 1. The van der Waals surface area contributed by atoms with Crippen LogP contribution in [-0.2, 0) is 4.74 Å². The summed E-state index contributed by atoms with van der Waals surface area (Å²) in [5, 5.41) is 9.95. The number of ether oxygens (including phenoxy) is 1. The molecule has 0 bridgehead atoms. The Hall–Kier alpha value is -2.60. The maximum absolute atomic E-state index is 12.5. The van der Waals surface area contributed by atoms with E-state index >= 15 is 0 Å². The maximum Gasteiger partial charge on any atom is 0.338 e. The lowest BCUT2D eigenvalue weighted by Gasteiger charge is -2.35. The first kappa shape index (κ1) is 31.9. The van der Waals surface area contributed by atoms with Crippen LogP contribution >= 0.6 is 0 Å². The van der Waals surface area contributed by atoms with Crippen LogP contribution in [0, 0.1) is 28.6 Å². The van der Waals surface area contributed by atoms with Crippen molar-refractivity contribution in [1.82, 2.24) is 0 Å². The molecule has 3 nitrogen and oxygen atoms in total. The number of rotatable bonds is 16. The van der Waals surface area contributed by atoms with Crippen LogP contribution < -0.4 is 0 Å². The molecule has 2 aromatic carbocycles. The van der Waals surface area contributed by atoms with Gasteiger partial charge in [0, 0.05) is 0 Å². The van der Waals surface area contributed by atoms with Crippen molar-refractivity contribution < 1.29 is 9.53 Å². The molecule has 2 aromatic rings. The van der Waals surface area contributed by atoms with E-state index in [-0.39, 0.29) is 11.4 Å². The van der Waals surface area contributed by atoms with E-state index in [0.29, 0.717) is 24.0 Å². The number of hydrogen-bond donors (Lipinski definition) is 0. The number of hydrogen-bond acceptors (Lipinski definition) is 3. The number of unbranched alkanes of at least 4 members (excludes halogenated alkanes) is 4. The largest absolute Gasteiger partial charge is 0.462 e. The monoisotopic (exact) mass is 543 g/mol. The van der Waals surface area contributed by atoms with Gasteiger partial charge in [-0.3, -0.25) is 0 Å². The Morgan fingerprint density at radius 1 is 0.875 bits per heavy atom. The van der Waals surface area contributed by atoms with Crippen LogP contribution in [0.5, 0.6) is 0 Å². The average Bonchev–Trinajstić information content (AvgIpc) is 2.97. The Kier molecular flexibility index (Phi) is 13.3. The van der Waals surface area contributed by atoms with E-state index < -0.39 is 0 Å². The van der Waals surface area contributed by atoms with Crippen molar-refractivity contribution in [1.29, 1.82) is 5.26 Å². The summed E-state index contributed by atoms with van der Waals surface area (Å²) in [6, 6.07) is 19.4. The molecule has 3 rings (SSSR count). The van der Waals surface area contributed by atoms with Crippen LogP contribution in [0.2, 0.25) is 0 Å². The summed E-state index contributed by atoms with van der Waals surface area (Å²) in [5.41, 5.74) is 4.17. The molecule has 0 N–H and O–H groups in total. The van der Waals surface area contributed by atoms with Gasteiger partial charge in [-0.15, -0.1) is 0 Å². The molecule has 1 aliphatic rings. The van der Waals surface area contributed by atoms with Crippen molar-refractivity contribution in [2.24, 2.45) is 17.3 Å². The average molecular weight is 544 g/mol. The third kappa shape index (κ3) is 10.1. The third-order valence-corrected chi connectivity index (χ3v) is 9.10. The van der Waals surface area contributed by atoms with E-state index in [1.807, 2.05) is 24.3 Å². The summed E-state index contributed by atoms with van der Waals surface area (Å²) in [4.78, 5) is 12.5. The van der Waals surface area contributed by atoms with Crippen molar-refractivity contribution >= 4 is 5.97 Å². The molecular formula is C37H53NO2. The minimum Gasteiger partial charge on any atom is -0.462 e. The van der Waals surface area contributed by atoms with E-state index in [4.69, 9.17) is 4.74 Å². The fourth-order valence-electron chi connectivity index (χ4n) is 6.19. The van der Waals surface area contributed by atoms with Gasteiger partial charge >= 0.3 is 5.97 Å². The standard InChI is InChI=1S/C37H53NO2/c1-5-6-7-8-9-24-37(28-38)25-21-34(22-26-37)33-15-13-31(14-16-33)32-17-19-35(20-18-32)36(39)40-27-23-30(4)12-10-11-29(2)3/h13-20,29-30,34H,5-12,21-27H2,1-4H3. The molecule has 0 amide bonds.